The van der Waals surface area contributed by atoms with Crippen molar-refractivity contribution in [3.05, 3.63) is 46.9 Å². The van der Waals surface area contributed by atoms with E-state index in [2.05, 4.69) is 10.3 Å². The Kier molecular flexibility index (Phi) is 4.63. The fraction of sp³-hybridized carbons (Fsp3) is 0.214. The van der Waals surface area contributed by atoms with Crippen molar-refractivity contribution in [3.8, 4) is 11.5 Å². The Labute approximate surface area is 121 Å². The molecule has 0 radical (unpaired) electrons. The highest BCUT2D eigenvalue weighted by atomic mass is 35.5. The highest BCUT2D eigenvalue weighted by Gasteiger charge is 2.12. The number of benzene rings is 1. The second-order valence-electron chi connectivity index (χ2n) is 3.97. The van der Waals surface area contributed by atoms with Crippen LogP contribution in [0.1, 0.15) is 5.56 Å². The molecule has 1 heterocycles. The number of halogens is 2. The standard InChI is InChI=1S/C14H14ClFN2O2/c1-19-10-7-6-9(13(15)14(10)20-2)8-17-12-5-3-4-11(16)18-12/h3-7H,8H2,1-2H3,(H,17,18). The van der Waals surface area contributed by atoms with Crippen LogP contribution in [0.4, 0.5) is 10.2 Å². The van der Waals surface area contributed by atoms with Crippen molar-refractivity contribution in [1.82, 2.24) is 4.98 Å². The number of hydrogen-bond acceptors (Lipinski definition) is 4. The van der Waals surface area contributed by atoms with Crippen molar-refractivity contribution in [2.45, 2.75) is 6.54 Å². The Balaban J connectivity index is 2.18. The maximum Gasteiger partial charge on any atom is 0.214 e. The summed E-state index contributed by atoms with van der Waals surface area (Å²) in [6.45, 7) is 0.398. The Morgan fingerprint density at radius 2 is 2.00 bits per heavy atom. The van der Waals surface area contributed by atoms with Gasteiger partial charge in [-0.3, -0.25) is 0 Å². The molecule has 1 aromatic carbocycles. The summed E-state index contributed by atoms with van der Waals surface area (Å²) in [4.78, 5) is 3.72. The molecular weight excluding hydrogens is 283 g/mol. The van der Waals surface area contributed by atoms with Crippen LogP contribution >= 0.6 is 11.6 Å². The van der Waals surface area contributed by atoms with Crippen LogP contribution in [0.15, 0.2) is 30.3 Å². The zero-order valence-electron chi connectivity index (χ0n) is 11.1. The number of anilines is 1. The molecule has 0 bridgehead atoms. The Hall–Kier alpha value is -2.01. The lowest BCUT2D eigenvalue weighted by molar-refractivity contribution is 0.355. The molecule has 2 aromatic rings. The van der Waals surface area contributed by atoms with Gasteiger partial charge in [0.05, 0.1) is 19.2 Å². The average Bonchev–Trinajstić information content (AvgIpc) is 2.45. The summed E-state index contributed by atoms with van der Waals surface area (Å²) < 4.78 is 23.4. The quantitative estimate of drug-likeness (QED) is 0.858. The van der Waals surface area contributed by atoms with Gasteiger partial charge in [0, 0.05) is 6.54 Å². The molecule has 6 heteroatoms. The van der Waals surface area contributed by atoms with Crippen molar-refractivity contribution in [3.63, 3.8) is 0 Å². The number of nitrogens with zero attached hydrogens (tertiary/aromatic N) is 1. The maximum atomic E-state index is 13.0. The summed E-state index contributed by atoms with van der Waals surface area (Å²) in [6, 6.07) is 8.13. The minimum Gasteiger partial charge on any atom is -0.493 e. The lowest BCUT2D eigenvalue weighted by Crippen LogP contribution is -2.03. The minimum absolute atomic E-state index is 0.398. The van der Waals surface area contributed by atoms with Gasteiger partial charge in [-0.05, 0) is 23.8 Å². The summed E-state index contributed by atoms with van der Waals surface area (Å²) in [5, 5.41) is 3.45. The van der Waals surface area contributed by atoms with E-state index in [4.69, 9.17) is 21.1 Å². The number of rotatable bonds is 5. The SMILES string of the molecule is COc1ccc(CNc2cccc(F)n2)c(Cl)c1OC. The zero-order chi connectivity index (χ0) is 14.5. The number of ether oxygens (including phenoxy) is 2. The Morgan fingerprint density at radius 3 is 2.65 bits per heavy atom. The van der Waals surface area contributed by atoms with Crippen molar-refractivity contribution >= 4 is 17.4 Å². The Morgan fingerprint density at radius 1 is 1.20 bits per heavy atom. The monoisotopic (exact) mass is 296 g/mol. The predicted molar refractivity (Wildman–Crippen MR) is 76.1 cm³/mol. The normalized spacial score (nSPS) is 10.2. The topological polar surface area (TPSA) is 43.4 Å². The first-order chi connectivity index (χ1) is 9.65. The van der Waals surface area contributed by atoms with Gasteiger partial charge in [-0.15, -0.1) is 0 Å². The van der Waals surface area contributed by atoms with Gasteiger partial charge in [-0.25, -0.2) is 4.98 Å². The van der Waals surface area contributed by atoms with Gasteiger partial charge >= 0.3 is 0 Å². The van der Waals surface area contributed by atoms with Gasteiger partial charge in [0.1, 0.15) is 5.82 Å². The summed E-state index contributed by atoms with van der Waals surface area (Å²) in [7, 11) is 3.07. The highest BCUT2D eigenvalue weighted by Crippen LogP contribution is 2.37. The molecular formula is C14H14ClFN2O2. The highest BCUT2D eigenvalue weighted by molar-refractivity contribution is 6.33. The smallest absolute Gasteiger partial charge is 0.214 e. The molecule has 0 spiro atoms. The minimum atomic E-state index is -0.534. The maximum absolute atomic E-state index is 13.0. The summed E-state index contributed by atoms with van der Waals surface area (Å²) in [6.07, 6.45) is 0. The molecule has 0 aliphatic rings. The number of aromatic nitrogens is 1. The zero-order valence-corrected chi connectivity index (χ0v) is 11.9. The fourth-order valence-electron chi connectivity index (χ4n) is 1.76. The third-order valence-corrected chi connectivity index (χ3v) is 3.15. The lowest BCUT2D eigenvalue weighted by Gasteiger charge is -2.13. The van der Waals surface area contributed by atoms with Gasteiger partial charge in [-0.1, -0.05) is 23.7 Å². The molecule has 106 valence electrons. The van der Waals surface area contributed by atoms with Gasteiger partial charge in [0.2, 0.25) is 5.95 Å². The fourth-order valence-corrected chi connectivity index (χ4v) is 2.06. The predicted octanol–water partition coefficient (Wildman–Crippen LogP) is 3.50. The lowest BCUT2D eigenvalue weighted by atomic mass is 10.2. The molecule has 1 N–H and O–H groups in total. The van der Waals surface area contributed by atoms with E-state index >= 15 is 0 Å². The van der Waals surface area contributed by atoms with Crippen LogP contribution in [0, 0.1) is 5.95 Å². The molecule has 0 atom stereocenters. The summed E-state index contributed by atoms with van der Waals surface area (Å²) in [5.41, 5.74) is 0.801. The third kappa shape index (κ3) is 3.11. The molecule has 0 unspecified atom stereocenters. The molecule has 2 rings (SSSR count). The Bertz CT molecular complexity index is 608. The first kappa shape index (κ1) is 14.4. The number of methoxy groups -OCH3 is 2. The molecule has 1 aromatic heterocycles. The van der Waals surface area contributed by atoms with Gasteiger partial charge in [-0.2, -0.15) is 4.39 Å². The van der Waals surface area contributed by atoms with Gasteiger partial charge < -0.3 is 14.8 Å². The van der Waals surface area contributed by atoms with Crippen LogP contribution in [0.3, 0.4) is 0 Å². The van der Waals surface area contributed by atoms with Crippen LogP contribution < -0.4 is 14.8 Å². The largest absolute Gasteiger partial charge is 0.493 e. The molecule has 0 aliphatic heterocycles. The van der Waals surface area contributed by atoms with Crippen LogP contribution in [0.25, 0.3) is 0 Å². The van der Waals surface area contributed by atoms with E-state index in [1.54, 1.807) is 25.3 Å². The number of pyridine rings is 1. The molecule has 0 fully saturated rings. The second-order valence-corrected chi connectivity index (χ2v) is 4.35. The van der Waals surface area contributed by atoms with Crippen LogP contribution in [0.5, 0.6) is 11.5 Å². The third-order valence-electron chi connectivity index (χ3n) is 2.74. The van der Waals surface area contributed by atoms with E-state index in [0.29, 0.717) is 28.9 Å². The van der Waals surface area contributed by atoms with Crippen molar-refractivity contribution in [2.75, 3.05) is 19.5 Å². The summed E-state index contributed by atoms with van der Waals surface area (Å²) >= 11 is 6.25. The van der Waals surface area contributed by atoms with E-state index in [1.165, 1.54) is 13.2 Å². The van der Waals surface area contributed by atoms with E-state index < -0.39 is 5.95 Å². The van der Waals surface area contributed by atoms with Crippen molar-refractivity contribution in [2.24, 2.45) is 0 Å². The molecule has 20 heavy (non-hydrogen) atoms. The summed E-state index contributed by atoms with van der Waals surface area (Å²) in [5.74, 6) is 0.940. The number of nitrogens with one attached hydrogen (secondary N) is 1. The van der Waals surface area contributed by atoms with E-state index in [-0.39, 0.29) is 0 Å². The first-order valence-electron chi connectivity index (χ1n) is 5.91. The number of hydrogen-bond donors (Lipinski definition) is 1. The molecule has 4 nitrogen and oxygen atoms in total. The first-order valence-corrected chi connectivity index (χ1v) is 6.29. The van der Waals surface area contributed by atoms with Crippen molar-refractivity contribution < 1.29 is 13.9 Å². The van der Waals surface area contributed by atoms with E-state index in [1.807, 2.05) is 6.07 Å². The van der Waals surface area contributed by atoms with Crippen molar-refractivity contribution in [1.29, 1.82) is 0 Å². The second kappa shape index (κ2) is 6.43. The van der Waals surface area contributed by atoms with Gasteiger partial charge in [0.15, 0.2) is 11.5 Å². The molecule has 0 saturated carbocycles. The van der Waals surface area contributed by atoms with Crippen LogP contribution in [-0.2, 0) is 6.54 Å². The van der Waals surface area contributed by atoms with E-state index in [9.17, 15) is 4.39 Å². The average molecular weight is 297 g/mol. The van der Waals surface area contributed by atoms with Gasteiger partial charge in [0.25, 0.3) is 0 Å². The van der Waals surface area contributed by atoms with Crippen LogP contribution in [0.2, 0.25) is 5.02 Å². The molecule has 0 aliphatic carbocycles. The molecule has 0 saturated heterocycles. The molecule has 0 amide bonds. The van der Waals surface area contributed by atoms with Crippen LogP contribution in [-0.4, -0.2) is 19.2 Å². The van der Waals surface area contributed by atoms with E-state index in [0.717, 1.165) is 5.56 Å².